The normalized spacial score (nSPS) is 32.7. The number of carbonyl (C=O) groups is 2. The van der Waals surface area contributed by atoms with Crippen molar-refractivity contribution in [3.8, 4) is 0 Å². The van der Waals surface area contributed by atoms with Crippen LogP contribution in [0.4, 0.5) is 4.79 Å². The number of rotatable bonds is 2. The van der Waals surface area contributed by atoms with Crippen LogP contribution in [-0.4, -0.2) is 52.6 Å². The molecule has 4 unspecified atom stereocenters. The molecule has 2 fully saturated rings. The molecule has 0 spiro atoms. The summed E-state index contributed by atoms with van der Waals surface area (Å²) < 4.78 is 0. The van der Waals surface area contributed by atoms with Crippen molar-refractivity contribution in [2.45, 2.75) is 40.2 Å². The van der Waals surface area contributed by atoms with E-state index in [2.05, 4.69) is 20.8 Å². The SMILES string of the molecule is CC1CC(C)C(C)N(C(=O)N2CC(C(C)C(=O)O)C2)C1. The Morgan fingerprint density at radius 2 is 1.75 bits per heavy atom. The second-order valence-electron chi connectivity index (χ2n) is 6.79. The molecule has 5 heteroatoms. The highest BCUT2D eigenvalue weighted by Crippen LogP contribution is 2.31. The molecule has 2 rings (SSSR count). The molecular formula is C15H26N2O3. The molecule has 114 valence electrons. The number of urea groups is 1. The van der Waals surface area contributed by atoms with E-state index in [0.29, 0.717) is 24.9 Å². The zero-order chi connectivity index (χ0) is 15.0. The van der Waals surface area contributed by atoms with Crippen molar-refractivity contribution in [2.75, 3.05) is 19.6 Å². The number of aliphatic carboxylic acids is 1. The van der Waals surface area contributed by atoms with Gasteiger partial charge in [0, 0.05) is 31.6 Å². The monoisotopic (exact) mass is 282 g/mol. The molecule has 1 N–H and O–H groups in total. The van der Waals surface area contributed by atoms with Gasteiger partial charge in [-0.3, -0.25) is 4.79 Å². The maximum atomic E-state index is 12.5. The lowest BCUT2D eigenvalue weighted by atomic mass is 9.85. The summed E-state index contributed by atoms with van der Waals surface area (Å²) in [6, 6.07) is 0.361. The Kier molecular flexibility index (Phi) is 4.25. The minimum Gasteiger partial charge on any atom is -0.481 e. The molecule has 20 heavy (non-hydrogen) atoms. The van der Waals surface area contributed by atoms with Crippen molar-refractivity contribution in [3.63, 3.8) is 0 Å². The first-order chi connectivity index (χ1) is 9.31. The van der Waals surface area contributed by atoms with Crippen molar-refractivity contribution in [1.29, 1.82) is 0 Å². The van der Waals surface area contributed by atoms with Gasteiger partial charge in [0.25, 0.3) is 0 Å². The first-order valence-electron chi connectivity index (χ1n) is 7.59. The van der Waals surface area contributed by atoms with Crippen molar-refractivity contribution in [1.82, 2.24) is 9.80 Å². The van der Waals surface area contributed by atoms with Crippen molar-refractivity contribution < 1.29 is 14.7 Å². The van der Waals surface area contributed by atoms with Gasteiger partial charge in [-0.15, -0.1) is 0 Å². The summed E-state index contributed by atoms with van der Waals surface area (Å²) in [5, 5.41) is 8.99. The lowest BCUT2D eigenvalue weighted by Crippen LogP contribution is -2.61. The van der Waals surface area contributed by atoms with Gasteiger partial charge in [-0.1, -0.05) is 20.8 Å². The maximum Gasteiger partial charge on any atom is 0.320 e. The topological polar surface area (TPSA) is 60.9 Å². The van der Waals surface area contributed by atoms with Gasteiger partial charge in [0.2, 0.25) is 0 Å². The molecule has 0 bridgehead atoms. The van der Waals surface area contributed by atoms with Crippen molar-refractivity contribution >= 4 is 12.0 Å². The molecule has 0 radical (unpaired) electrons. The smallest absolute Gasteiger partial charge is 0.320 e. The summed E-state index contributed by atoms with van der Waals surface area (Å²) in [4.78, 5) is 27.2. The Bertz CT molecular complexity index is 393. The van der Waals surface area contributed by atoms with Crippen LogP contribution in [0.1, 0.15) is 34.1 Å². The number of piperidine rings is 1. The number of likely N-dealkylation sites (tertiary alicyclic amines) is 2. The van der Waals surface area contributed by atoms with Crippen LogP contribution in [0.25, 0.3) is 0 Å². The molecule has 0 aromatic rings. The fourth-order valence-electron chi connectivity index (χ4n) is 3.34. The van der Waals surface area contributed by atoms with E-state index >= 15 is 0 Å². The molecule has 4 atom stereocenters. The molecule has 0 aromatic carbocycles. The zero-order valence-electron chi connectivity index (χ0n) is 12.9. The van der Waals surface area contributed by atoms with E-state index in [-0.39, 0.29) is 23.9 Å². The molecular weight excluding hydrogens is 256 g/mol. The Balaban J connectivity index is 1.91. The third-order valence-electron chi connectivity index (χ3n) is 5.12. The number of carbonyl (C=O) groups excluding carboxylic acids is 1. The zero-order valence-corrected chi connectivity index (χ0v) is 12.9. The van der Waals surface area contributed by atoms with E-state index in [9.17, 15) is 9.59 Å². The molecule has 2 amide bonds. The molecule has 2 heterocycles. The predicted octanol–water partition coefficient (Wildman–Crippen LogP) is 2.13. The van der Waals surface area contributed by atoms with E-state index in [1.807, 2.05) is 4.90 Å². The van der Waals surface area contributed by atoms with E-state index in [4.69, 9.17) is 5.11 Å². The molecule has 0 aromatic heterocycles. The fraction of sp³-hybridized carbons (Fsp3) is 0.867. The van der Waals surface area contributed by atoms with E-state index < -0.39 is 5.97 Å². The highest BCUT2D eigenvalue weighted by molar-refractivity contribution is 5.77. The predicted molar refractivity (Wildman–Crippen MR) is 76.4 cm³/mol. The molecule has 0 aliphatic carbocycles. The Morgan fingerprint density at radius 3 is 2.30 bits per heavy atom. The van der Waals surface area contributed by atoms with Crippen LogP contribution < -0.4 is 0 Å². The average molecular weight is 282 g/mol. The minimum absolute atomic E-state index is 0.0877. The van der Waals surface area contributed by atoms with Crippen LogP contribution in [0.5, 0.6) is 0 Å². The van der Waals surface area contributed by atoms with Crippen LogP contribution in [-0.2, 0) is 4.79 Å². The van der Waals surface area contributed by atoms with Gasteiger partial charge in [-0.25, -0.2) is 4.79 Å². The van der Waals surface area contributed by atoms with Gasteiger partial charge >= 0.3 is 12.0 Å². The van der Waals surface area contributed by atoms with Gasteiger partial charge in [0.1, 0.15) is 0 Å². The van der Waals surface area contributed by atoms with Crippen LogP contribution in [0.3, 0.4) is 0 Å². The first kappa shape index (κ1) is 15.1. The van der Waals surface area contributed by atoms with Gasteiger partial charge in [0.05, 0.1) is 5.92 Å². The van der Waals surface area contributed by atoms with Gasteiger partial charge < -0.3 is 14.9 Å². The number of hydrogen-bond donors (Lipinski definition) is 1. The second-order valence-corrected chi connectivity index (χ2v) is 6.79. The summed E-state index contributed by atoms with van der Waals surface area (Å²) in [7, 11) is 0. The Labute approximate surface area is 120 Å². The molecule has 2 aliphatic heterocycles. The van der Waals surface area contributed by atoms with Crippen LogP contribution in [0, 0.1) is 23.7 Å². The quantitative estimate of drug-likeness (QED) is 0.844. The summed E-state index contributed by atoms with van der Waals surface area (Å²) in [6.45, 7) is 10.2. The number of carboxylic acid groups (broad SMARTS) is 1. The minimum atomic E-state index is -0.768. The fourth-order valence-corrected chi connectivity index (χ4v) is 3.34. The third-order valence-corrected chi connectivity index (χ3v) is 5.12. The van der Waals surface area contributed by atoms with E-state index in [0.717, 1.165) is 6.54 Å². The van der Waals surface area contributed by atoms with Gasteiger partial charge in [0.15, 0.2) is 0 Å². The van der Waals surface area contributed by atoms with Gasteiger partial charge in [-0.2, -0.15) is 0 Å². The van der Waals surface area contributed by atoms with Crippen LogP contribution in [0.15, 0.2) is 0 Å². The van der Waals surface area contributed by atoms with Crippen molar-refractivity contribution in [3.05, 3.63) is 0 Å². The molecule has 2 aliphatic rings. The molecule has 2 saturated heterocycles. The summed E-state index contributed by atoms with van der Waals surface area (Å²) in [6.07, 6.45) is 1.17. The number of hydrogen-bond acceptors (Lipinski definition) is 2. The van der Waals surface area contributed by atoms with Crippen LogP contribution in [0.2, 0.25) is 0 Å². The van der Waals surface area contributed by atoms with Crippen LogP contribution >= 0.6 is 0 Å². The summed E-state index contributed by atoms with van der Waals surface area (Å²) in [5.74, 6) is 0.0376. The first-order valence-corrected chi connectivity index (χ1v) is 7.59. The largest absolute Gasteiger partial charge is 0.481 e. The summed E-state index contributed by atoms with van der Waals surface area (Å²) >= 11 is 0. The lowest BCUT2D eigenvalue weighted by molar-refractivity contribution is -0.145. The Morgan fingerprint density at radius 1 is 1.15 bits per heavy atom. The number of amides is 2. The van der Waals surface area contributed by atoms with Gasteiger partial charge in [-0.05, 0) is 25.2 Å². The third kappa shape index (κ3) is 2.76. The maximum absolute atomic E-state index is 12.5. The molecule has 5 nitrogen and oxygen atoms in total. The lowest BCUT2D eigenvalue weighted by Gasteiger charge is -2.48. The Hall–Kier alpha value is -1.26. The molecule has 0 saturated carbocycles. The number of nitrogens with zero attached hydrogens (tertiary/aromatic N) is 2. The highest BCUT2D eigenvalue weighted by atomic mass is 16.4. The van der Waals surface area contributed by atoms with E-state index in [1.54, 1.807) is 11.8 Å². The van der Waals surface area contributed by atoms with E-state index in [1.165, 1.54) is 6.42 Å². The second kappa shape index (κ2) is 5.62. The number of carboxylic acids is 1. The standard InChI is InChI=1S/C15H26N2O3/c1-9-5-10(2)12(4)17(6-9)15(20)16-7-13(8-16)11(3)14(18)19/h9-13H,5-8H2,1-4H3,(H,18,19). The summed E-state index contributed by atoms with van der Waals surface area (Å²) in [5.41, 5.74) is 0. The average Bonchev–Trinajstić information content (AvgIpc) is 2.31. The highest BCUT2D eigenvalue weighted by Gasteiger charge is 2.41. The van der Waals surface area contributed by atoms with Crippen molar-refractivity contribution in [2.24, 2.45) is 23.7 Å².